The molecule has 0 aliphatic heterocycles. The van der Waals surface area contributed by atoms with E-state index in [1.54, 1.807) is 125 Å². The lowest BCUT2D eigenvalue weighted by Gasteiger charge is -2.32. The largest absolute Gasteiger partial charge is 0.477 e. The van der Waals surface area contributed by atoms with Gasteiger partial charge in [0, 0.05) is 66.4 Å². The predicted octanol–water partition coefficient (Wildman–Crippen LogP) is 9.66. The smallest absolute Gasteiger partial charge is 0.412 e. The minimum Gasteiger partial charge on any atom is -0.477 e. The number of methoxy groups -OCH3 is 7. The van der Waals surface area contributed by atoms with Crippen molar-refractivity contribution in [1.82, 2.24) is 18.3 Å². The number of pyridine rings is 4. The molecule has 0 spiro atoms. The van der Waals surface area contributed by atoms with E-state index in [4.69, 9.17) is 45.0 Å². The van der Waals surface area contributed by atoms with Gasteiger partial charge < -0.3 is 77.2 Å². The number of ether oxygens (including phenoxy) is 8. The van der Waals surface area contributed by atoms with E-state index in [0.717, 1.165) is 109 Å². The van der Waals surface area contributed by atoms with Crippen molar-refractivity contribution in [3.8, 4) is 0 Å². The number of carboxylic acids is 1. The maximum Gasteiger partial charge on any atom is 0.412 e. The van der Waals surface area contributed by atoms with Crippen molar-refractivity contribution in [3.05, 3.63) is 160 Å². The van der Waals surface area contributed by atoms with Crippen molar-refractivity contribution in [2.24, 2.45) is 5.73 Å². The lowest BCUT2D eigenvalue weighted by molar-refractivity contribution is 0.0274. The number of amides is 1. The normalized spacial score (nSPS) is 23.0. The summed E-state index contributed by atoms with van der Waals surface area (Å²) in [5.74, 6) is -2.46. The Morgan fingerprint density at radius 1 is 0.469 bits per heavy atom. The molecule has 6 N–H and O–H groups in total. The first-order valence-corrected chi connectivity index (χ1v) is 33.0. The van der Waals surface area contributed by atoms with Gasteiger partial charge in [-0.3, -0.25) is 24.5 Å². The van der Waals surface area contributed by atoms with Gasteiger partial charge in [0.15, 0.2) is 0 Å². The number of nitrogens with two attached hydrogens (primary N) is 2. The average molecular weight is 1340 g/mol. The number of carboxylic acid groups (broad SMARTS) is 1. The summed E-state index contributed by atoms with van der Waals surface area (Å²) < 4.78 is 52.1. The SMILES string of the molecule is COC(=O)c1cccn([C@@H]2CCCC[C@@H]2OC)c1=O.COC(=O)c1cccoc1=O.CO[C@H]1CCCCC1N.CO[C@H]1CCCC[C@H]1n1cccc(C(=O)O)c1=O.CO[C@H]1CCCC[C@H]1n1cccc(N)c1=O.CO[C@H]1CCCC[C@H]1n1cccc(NC(=O)OC(C)(C)C)c1=O. The van der Waals surface area contributed by atoms with Crippen LogP contribution in [0.4, 0.5) is 16.2 Å². The summed E-state index contributed by atoms with van der Waals surface area (Å²) in [6.07, 6.45) is 29.1. The quantitative estimate of drug-likeness (QED) is 0.0629. The van der Waals surface area contributed by atoms with Crippen LogP contribution >= 0.6 is 0 Å². The van der Waals surface area contributed by atoms with E-state index in [-0.39, 0.29) is 87.6 Å². The van der Waals surface area contributed by atoms with Crippen molar-refractivity contribution >= 4 is 35.4 Å². The van der Waals surface area contributed by atoms with Gasteiger partial charge in [0.2, 0.25) is 0 Å². The van der Waals surface area contributed by atoms with Crippen LogP contribution in [-0.2, 0) is 37.9 Å². The number of hydrogen-bond donors (Lipinski definition) is 4. The van der Waals surface area contributed by atoms with E-state index in [0.29, 0.717) is 17.8 Å². The molecule has 10 rings (SSSR count). The van der Waals surface area contributed by atoms with E-state index in [1.807, 2.05) is 6.07 Å². The third-order valence-electron chi connectivity index (χ3n) is 17.7. The van der Waals surface area contributed by atoms with Crippen LogP contribution in [0.1, 0.15) is 204 Å². The number of aromatic carboxylic acids is 1. The second-order valence-corrected chi connectivity index (χ2v) is 25.0. The van der Waals surface area contributed by atoms with E-state index in [1.165, 1.54) is 68.6 Å². The zero-order valence-corrected chi connectivity index (χ0v) is 57.3. The molecule has 5 aliphatic rings. The molecule has 0 radical (unpaired) electrons. The topological polar surface area (TPSA) is 345 Å². The Bertz CT molecular complexity index is 3560. The average Bonchev–Trinajstić information content (AvgIpc) is 0.847. The molecule has 0 saturated heterocycles. The standard InChI is InChI=1S/C17H26N2O4.C14H19NO4.C13H17NO4.C12H18N2O2.C7H15NO.C7H6O4/c1-17(2,3)23-16(21)18-12-8-7-11-19(15(12)20)13-9-5-6-10-14(13)22-4;1-18-12-8-4-3-7-11(12)15-9-5-6-10(13(15)16)14(17)19-2;1-18-11-7-3-2-6-10(11)14-8-4-5-9(12(14)15)13(16)17;1-16-11-7-3-2-6-10(11)14-8-4-5-9(13)12(14)15;1-9-7-5-3-2-4-6(7)8;1-10-6(8)5-3-2-4-11-7(5)9/h7-8,11,13-14H,5-6,9-10H2,1-4H3,(H,18,21);5-6,9,11-12H,3-4,7-8H2,1-2H3;4-5,8,10-11H,2-3,6-7H2,1H3,(H,16,17);4-5,8,10-11H,2-3,6-7,13H2,1H3;6-7H,2-5,8H2,1H3;2-4H,1H3/t13-,14+;11-,12+;2*10-,11+;6?,7-;/m11110./s1. The highest BCUT2D eigenvalue weighted by atomic mass is 16.6. The Hall–Kier alpha value is -8.01. The fourth-order valence-electron chi connectivity index (χ4n) is 12.8. The Morgan fingerprint density at radius 2 is 0.823 bits per heavy atom. The van der Waals surface area contributed by atoms with Gasteiger partial charge in [-0.05, 0) is 146 Å². The number of nitrogens with zero attached hydrogens (tertiary/aromatic N) is 4. The molecule has 5 aromatic rings. The number of carbonyl (C=O) groups is 4. The van der Waals surface area contributed by atoms with Crippen molar-refractivity contribution in [3.63, 3.8) is 0 Å². The van der Waals surface area contributed by atoms with E-state index in [2.05, 4.69) is 19.2 Å². The summed E-state index contributed by atoms with van der Waals surface area (Å²) in [5, 5.41) is 11.5. The van der Waals surface area contributed by atoms with Crippen LogP contribution in [0.15, 0.2) is 120 Å². The van der Waals surface area contributed by atoms with Crippen molar-refractivity contribution in [2.75, 3.05) is 60.8 Å². The van der Waals surface area contributed by atoms with Gasteiger partial charge in [-0.15, -0.1) is 0 Å². The number of nitrogens with one attached hydrogen (secondary N) is 1. The number of anilines is 2. The Labute approximate surface area is 560 Å². The number of hydrogen-bond acceptors (Lipinski definition) is 20. The molecule has 5 aliphatic carbocycles. The molecule has 0 aromatic carbocycles. The van der Waals surface area contributed by atoms with Crippen LogP contribution in [-0.4, -0.2) is 139 Å². The van der Waals surface area contributed by atoms with E-state index in [9.17, 15) is 43.2 Å². The minimum absolute atomic E-state index is 0.00152. The van der Waals surface area contributed by atoms with Gasteiger partial charge in [0.1, 0.15) is 28.0 Å². The lowest BCUT2D eigenvalue weighted by Crippen LogP contribution is -2.38. The molecular weight excluding hydrogens is 1240 g/mol. The number of esters is 2. The number of rotatable bonds is 13. The Balaban J connectivity index is 0.000000213. The second kappa shape index (κ2) is 39.9. The van der Waals surface area contributed by atoms with Gasteiger partial charge in [0.25, 0.3) is 22.2 Å². The fourth-order valence-corrected chi connectivity index (χ4v) is 12.8. The van der Waals surface area contributed by atoms with Gasteiger partial charge in [-0.25, -0.2) is 24.0 Å². The van der Waals surface area contributed by atoms with Crippen LogP contribution in [0, 0.1) is 0 Å². The molecule has 0 bridgehead atoms. The highest BCUT2D eigenvalue weighted by Crippen LogP contribution is 2.33. The fraction of sp³-hybridized carbons (Fsp3) is 0.586. The highest BCUT2D eigenvalue weighted by Gasteiger charge is 2.32. The first-order chi connectivity index (χ1) is 46.0. The second-order valence-electron chi connectivity index (χ2n) is 25.0. The summed E-state index contributed by atoms with van der Waals surface area (Å²) >= 11 is 0. The Kier molecular flexibility index (Phi) is 32.7. The summed E-state index contributed by atoms with van der Waals surface area (Å²) in [5.41, 5.74) is 9.37. The predicted molar refractivity (Wildman–Crippen MR) is 362 cm³/mol. The van der Waals surface area contributed by atoms with Crippen molar-refractivity contribution < 1.29 is 66.6 Å². The monoisotopic (exact) mass is 1340 g/mol. The molecule has 26 heteroatoms. The zero-order chi connectivity index (χ0) is 70.5. The molecule has 5 fully saturated rings. The molecule has 26 nitrogen and oxygen atoms in total. The molecule has 10 atom stereocenters. The third kappa shape index (κ3) is 22.8. The van der Waals surface area contributed by atoms with Gasteiger partial charge in [-0.2, -0.15) is 0 Å². The molecule has 5 aromatic heterocycles. The van der Waals surface area contributed by atoms with Crippen LogP contribution in [0.3, 0.4) is 0 Å². The van der Waals surface area contributed by atoms with E-state index >= 15 is 0 Å². The van der Waals surface area contributed by atoms with Gasteiger partial charge >= 0.3 is 29.6 Å². The molecule has 96 heavy (non-hydrogen) atoms. The van der Waals surface area contributed by atoms with Gasteiger partial charge in [0.05, 0.1) is 80.9 Å². The first-order valence-electron chi connectivity index (χ1n) is 33.0. The number of aromatic nitrogens is 4. The molecule has 5 heterocycles. The molecule has 5 saturated carbocycles. The van der Waals surface area contributed by atoms with Crippen LogP contribution in [0.25, 0.3) is 0 Å². The summed E-state index contributed by atoms with van der Waals surface area (Å²) in [4.78, 5) is 105. The van der Waals surface area contributed by atoms with Gasteiger partial charge in [-0.1, -0.05) is 64.2 Å². The zero-order valence-electron chi connectivity index (χ0n) is 57.3. The molecule has 1 unspecified atom stereocenters. The maximum atomic E-state index is 12.7. The summed E-state index contributed by atoms with van der Waals surface area (Å²) in [6, 6.07) is 16.1. The van der Waals surface area contributed by atoms with Crippen molar-refractivity contribution in [2.45, 2.75) is 216 Å². The summed E-state index contributed by atoms with van der Waals surface area (Å²) in [7, 11) is 10.9. The number of nitrogen functional groups attached to an aromatic ring is 1. The lowest BCUT2D eigenvalue weighted by atomic mass is 9.92. The molecular formula is C70H101N7O19. The third-order valence-corrected chi connectivity index (χ3v) is 17.7. The minimum atomic E-state index is -1.18. The van der Waals surface area contributed by atoms with Crippen LogP contribution in [0.2, 0.25) is 0 Å². The molecule has 1 amide bonds. The van der Waals surface area contributed by atoms with Crippen LogP contribution in [0.5, 0.6) is 0 Å². The summed E-state index contributed by atoms with van der Waals surface area (Å²) in [6.45, 7) is 5.34. The van der Waals surface area contributed by atoms with Crippen molar-refractivity contribution in [1.29, 1.82) is 0 Å². The Morgan fingerprint density at radius 3 is 1.22 bits per heavy atom. The van der Waals surface area contributed by atoms with E-state index < -0.39 is 40.8 Å². The highest BCUT2D eigenvalue weighted by molar-refractivity contribution is 5.89. The first kappa shape index (κ1) is 78.7. The molecule has 530 valence electrons. The number of carbonyl (C=O) groups excluding carboxylic acids is 3. The van der Waals surface area contributed by atoms with Crippen LogP contribution < -0.4 is 44.6 Å². The maximum absolute atomic E-state index is 12.7.